The third-order valence-electron chi connectivity index (χ3n) is 5.63. The molecule has 0 radical (unpaired) electrons. The van der Waals surface area contributed by atoms with E-state index in [1.807, 2.05) is 89.6 Å². The zero-order chi connectivity index (χ0) is 25.5. The largest absolute Gasteiger partial charge is 0.497 e. The molecule has 6 nitrogen and oxygen atoms in total. The van der Waals surface area contributed by atoms with Crippen molar-refractivity contribution in [2.45, 2.75) is 13.3 Å². The predicted octanol–water partition coefficient (Wildman–Crippen LogP) is 6.49. The lowest BCUT2D eigenvalue weighted by atomic mass is 10.0. The Hall–Kier alpha value is -4.03. The molecule has 1 aromatic heterocycles. The van der Waals surface area contributed by atoms with E-state index in [1.165, 1.54) is 0 Å². The summed E-state index contributed by atoms with van der Waals surface area (Å²) in [4.78, 5) is 12.7. The Morgan fingerprint density at radius 3 is 2.08 bits per heavy atom. The monoisotopic (exact) mass is 502 g/mol. The summed E-state index contributed by atoms with van der Waals surface area (Å²) in [5.41, 5.74) is 4.92. The molecule has 36 heavy (non-hydrogen) atoms. The summed E-state index contributed by atoms with van der Waals surface area (Å²) in [6, 6.07) is 22.8. The highest BCUT2D eigenvalue weighted by Crippen LogP contribution is 2.33. The van der Waals surface area contributed by atoms with Crippen LogP contribution in [0.4, 0.5) is 0 Å². The van der Waals surface area contributed by atoms with Gasteiger partial charge in [-0.3, -0.25) is 4.79 Å². The summed E-state index contributed by atoms with van der Waals surface area (Å²) in [6.45, 7) is 2.10. The molecule has 0 unspecified atom stereocenters. The number of hydrogen-bond donors (Lipinski definition) is 0. The second-order valence-electron chi connectivity index (χ2n) is 7.92. The van der Waals surface area contributed by atoms with Crippen LogP contribution in [0, 0.1) is 0 Å². The summed E-state index contributed by atoms with van der Waals surface area (Å²) in [6.07, 6.45) is 3.93. The van der Waals surface area contributed by atoms with E-state index >= 15 is 0 Å². The van der Waals surface area contributed by atoms with E-state index in [1.54, 1.807) is 21.1 Å². The van der Waals surface area contributed by atoms with Gasteiger partial charge in [-0.1, -0.05) is 29.8 Å². The summed E-state index contributed by atoms with van der Waals surface area (Å²) in [5, 5.41) is 5.59. The van der Waals surface area contributed by atoms with Crippen molar-refractivity contribution in [2.24, 2.45) is 0 Å². The van der Waals surface area contributed by atoms with Crippen molar-refractivity contribution >= 4 is 29.7 Å². The molecular weight excluding hydrogens is 476 g/mol. The van der Waals surface area contributed by atoms with Crippen LogP contribution in [0.25, 0.3) is 29.1 Å². The van der Waals surface area contributed by atoms with E-state index in [4.69, 9.17) is 30.9 Å². The topological polar surface area (TPSA) is 62.6 Å². The van der Waals surface area contributed by atoms with Gasteiger partial charge in [-0.05, 0) is 79.2 Å². The molecule has 1 heterocycles. The molecule has 0 saturated carbocycles. The maximum atomic E-state index is 12.7. The zero-order valence-corrected chi connectivity index (χ0v) is 21.2. The van der Waals surface area contributed by atoms with Crippen molar-refractivity contribution in [3.63, 3.8) is 0 Å². The van der Waals surface area contributed by atoms with Crippen molar-refractivity contribution in [3.05, 3.63) is 94.6 Å². The van der Waals surface area contributed by atoms with Gasteiger partial charge in [-0.25, -0.2) is 4.68 Å². The van der Waals surface area contributed by atoms with Crippen LogP contribution in [0.15, 0.2) is 72.8 Å². The van der Waals surface area contributed by atoms with Crippen LogP contribution < -0.4 is 9.47 Å². The SMILES string of the molecule is CCOC(=O)Cc1c(/C=C/c2ccc(Cl)cc2)nn(-c2ccc(OC)cc2)c1-c1ccc(OC)cc1. The van der Waals surface area contributed by atoms with Gasteiger partial charge in [0.1, 0.15) is 11.5 Å². The number of rotatable bonds is 9. The Morgan fingerprint density at radius 1 is 0.889 bits per heavy atom. The molecule has 0 aliphatic carbocycles. The van der Waals surface area contributed by atoms with Gasteiger partial charge in [0.2, 0.25) is 0 Å². The van der Waals surface area contributed by atoms with Gasteiger partial charge in [0, 0.05) is 16.1 Å². The van der Waals surface area contributed by atoms with E-state index in [0.717, 1.165) is 39.6 Å². The first-order valence-electron chi connectivity index (χ1n) is 11.5. The normalized spacial score (nSPS) is 11.0. The smallest absolute Gasteiger partial charge is 0.310 e. The number of carbonyl (C=O) groups is 1. The number of methoxy groups -OCH3 is 2. The highest BCUT2D eigenvalue weighted by molar-refractivity contribution is 6.30. The number of benzene rings is 3. The van der Waals surface area contributed by atoms with Gasteiger partial charge in [0.15, 0.2) is 0 Å². The first kappa shape index (κ1) is 25.1. The number of esters is 1. The number of nitrogens with zero attached hydrogens (tertiary/aromatic N) is 2. The van der Waals surface area contributed by atoms with Crippen LogP contribution in [0.5, 0.6) is 11.5 Å². The first-order chi connectivity index (χ1) is 17.5. The highest BCUT2D eigenvalue weighted by Gasteiger charge is 2.22. The quantitative estimate of drug-likeness (QED) is 0.245. The summed E-state index contributed by atoms with van der Waals surface area (Å²) in [7, 11) is 3.26. The van der Waals surface area contributed by atoms with Gasteiger partial charge in [0.05, 0.1) is 44.3 Å². The fourth-order valence-corrected chi connectivity index (χ4v) is 3.96. The third-order valence-corrected chi connectivity index (χ3v) is 5.88. The van der Waals surface area contributed by atoms with E-state index in [-0.39, 0.29) is 12.4 Å². The van der Waals surface area contributed by atoms with E-state index < -0.39 is 0 Å². The lowest BCUT2D eigenvalue weighted by molar-refractivity contribution is -0.142. The van der Waals surface area contributed by atoms with Crippen molar-refractivity contribution in [1.82, 2.24) is 9.78 Å². The molecule has 0 aliphatic rings. The van der Waals surface area contributed by atoms with Gasteiger partial charge in [0.25, 0.3) is 0 Å². The van der Waals surface area contributed by atoms with Crippen molar-refractivity contribution in [1.29, 1.82) is 0 Å². The molecule has 0 fully saturated rings. The van der Waals surface area contributed by atoms with Crippen LogP contribution in [0.1, 0.15) is 23.7 Å². The number of carbonyl (C=O) groups excluding carboxylic acids is 1. The minimum absolute atomic E-state index is 0.0750. The fraction of sp³-hybridized carbons (Fsp3) is 0.172. The Labute approximate surface area is 215 Å². The minimum atomic E-state index is -0.317. The molecular formula is C29H27ClN2O4. The maximum absolute atomic E-state index is 12.7. The molecule has 0 spiro atoms. The van der Waals surface area contributed by atoms with Crippen molar-refractivity contribution in [2.75, 3.05) is 20.8 Å². The van der Waals surface area contributed by atoms with Crippen LogP contribution in [-0.4, -0.2) is 36.6 Å². The molecule has 0 aliphatic heterocycles. The van der Waals surface area contributed by atoms with Crippen LogP contribution in [0.2, 0.25) is 5.02 Å². The number of halogens is 1. The highest BCUT2D eigenvalue weighted by atomic mass is 35.5. The summed E-state index contributed by atoms with van der Waals surface area (Å²) < 4.78 is 17.8. The summed E-state index contributed by atoms with van der Waals surface area (Å²) >= 11 is 6.03. The molecule has 0 atom stereocenters. The first-order valence-corrected chi connectivity index (χ1v) is 11.9. The fourth-order valence-electron chi connectivity index (χ4n) is 3.84. The Balaban J connectivity index is 1.90. The number of hydrogen-bond acceptors (Lipinski definition) is 5. The molecule has 0 saturated heterocycles. The Bertz CT molecular complexity index is 1340. The average molecular weight is 503 g/mol. The van der Waals surface area contributed by atoms with Crippen molar-refractivity contribution < 1.29 is 19.0 Å². The molecule has 7 heteroatoms. The van der Waals surface area contributed by atoms with Gasteiger partial charge < -0.3 is 14.2 Å². The molecule has 0 amide bonds. The van der Waals surface area contributed by atoms with Crippen LogP contribution in [0.3, 0.4) is 0 Å². The van der Waals surface area contributed by atoms with Gasteiger partial charge in [-0.15, -0.1) is 0 Å². The standard InChI is InChI=1S/C29H27ClN2O4/c1-4-36-28(33)19-26-27(18-7-20-5-10-22(30)11-6-20)31-32(23-12-16-25(35-3)17-13-23)29(26)21-8-14-24(34-2)15-9-21/h5-18H,4,19H2,1-3H3/b18-7+. The molecule has 4 aromatic rings. The van der Waals surface area contributed by atoms with E-state index in [9.17, 15) is 4.79 Å². The Kier molecular flexibility index (Phi) is 8.08. The van der Waals surface area contributed by atoms with E-state index in [0.29, 0.717) is 17.3 Å². The zero-order valence-electron chi connectivity index (χ0n) is 20.4. The third kappa shape index (κ3) is 5.78. The second-order valence-corrected chi connectivity index (χ2v) is 8.35. The number of aromatic nitrogens is 2. The molecule has 0 N–H and O–H groups in total. The van der Waals surface area contributed by atoms with Crippen LogP contribution >= 0.6 is 11.6 Å². The maximum Gasteiger partial charge on any atom is 0.310 e. The summed E-state index contributed by atoms with van der Waals surface area (Å²) in [5.74, 6) is 1.17. The Morgan fingerprint density at radius 2 is 1.50 bits per heavy atom. The van der Waals surface area contributed by atoms with Crippen LogP contribution in [-0.2, 0) is 16.0 Å². The van der Waals surface area contributed by atoms with Crippen molar-refractivity contribution in [3.8, 4) is 28.4 Å². The molecule has 4 rings (SSSR count). The molecule has 3 aromatic carbocycles. The average Bonchev–Trinajstić information content (AvgIpc) is 3.26. The number of ether oxygens (including phenoxy) is 3. The second kappa shape index (κ2) is 11.6. The van der Waals surface area contributed by atoms with Gasteiger partial charge >= 0.3 is 5.97 Å². The van der Waals surface area contributed by atoms with E-state index in [2.05, 4.69) is 0 Å². The molecule has 0 bridgehead atoms. The minimum Gasteiger partial charge on any atom is -0.497 e. The van der Waals surface area contributed by atoms with Gasteiger partial charge in [-0.2, -0.15) is 5.10 Å². The lowest BCUT2D eigenvalue weighted by Gasteiger charge is -2.11. The lowest BCUT2D eigenvalue weighted by Crippen LogP contribution is -2.09. The predicted molar refractivity (Wildman–Crippen MR) is 143 cm³/mol. The molecule has 184 valence electrons.